The van der Waals surface area contributed by atoms with E-state index in [1.807, 2.05) is 6.07 Å². The number of benzene rings is 2. The van der Waals surface area contributed by atoms with Crippen molar-refractivity contribution in [3.8, 4) is 17.9 Å². The van der Waals surface area contributed by atoms with Crippen LogP contribution in [-0.4, -0.2) is 5.92 Å². The third-order valence-electron chi connectivity index (χ3n) is 3.45. The van der Waals surface area contributed by atoms with Crippen molar-refractivity contribution in [3.05, 3.63) is 76.6 Å². The van der Waals surface area contributed by atoms with Gasteiger partial charge in [0.15, 0.2) is 0 Å². The Labute approximate surface area is 145 Å². The molecule has 2 aromatic carbocycles. The van der Waals surface area contributed by atoms with Gasteiger partial charge in [0.05, 0.1) is 17.2 Å². The molecule has 0 aromatic heterocycles. The van der Waals surface area contributed by atoms with Crippen LogP contribution in [-0.2, 0) is 0 Å². The summed E-state index contributed by atoms with van der Waals surface area (Å²) < 4.78 is 40.6. The summed E-state index contributed by atoms with van der Waals surface area (Å²) in [4.78, 5) is 0. The molecule has 1 nitrogen and oxygen atoms in total. The first-order valence-electron chi connectivity index (χ1n) is 7.82. The molecule has 0 aliphatic heterocycles. The van der Waals surface area contributed by atoms with Gasteiger partial charge < -0.3 is 0 Å². The molecule has 0 amide bonds. The molecule has 0 heterocycles. The molecule has 2 aromatic rings. The second-order valence-corrected chi connectivity index (χ2v) is 5.52. The van der Waals surface area contributed by atoms with Crippen LogP contribution in [0.15, 0.2) is 48.5 Å². The predicted molar refractivity (Wildman–Crippen MR) is 92.4 cm³/mol. The van der Waals surface area contributed by atoms with Crippen LogP contribution in [0.25, 0.3) is 6.08 Å². The van der Waals surface area contributed by atoms with E-state index in [-0.39, 0.29) is 17.5 Å². The Kier molecular flexibility index (Phi) is 6.03. The summed E-state index contributed by atoms with van der Waals surface area (Å²) in [6.07, 6.45) is 2.53. The van der Waals surface area contributed by atoms with Gasteiger partial charge in [-0.15, -0.1) is 0 Å². The molecule has 0 fully saturated rings. The standard InChI is InChI=1S/C21H16F3N/c1-2-12-21(23,24)13-11-17-5-3-16(4-6-17)7-9-19-10-8-18(15-25)14-20(19)22/h3-6,8,10-11,13-14H,2,12H2,1H3/b13-11+. The lowest BCUT2D eigenvalue weighted by atomic mass is 10.1. The van der Waals surface area contributed by atoms with Crippen LogP contribution in [0.3, 0.4) is 0 Å². The summed E-state index contributed by atoms with van der Waals surface area (Å²) >= 11 is 0. The number of halogens is 3. The number of nitrogens with zero attached hydrogens (tertiary/aromatic N) is 1. The summed E-state index contributed by atoms with van der Waals surface area (Å²) in [6, 6.07) is 12.7. The van der Waals surface area contributed by atoms with Gasteiger partial charge in [0, 0.05) is 12.0 Å². The number of nitriles is 1. The summed E-state index contributed by atoms with van der Waals surface area (Å²) in [5.41, 5.74) is 1.72. The molecule has 126 valence electrons. The van der Waals surface area contributed by atoms with Crippen molar-refractivity contribution in [2.24, 2.45) is 0 Å². The summed E-state index contributed by atoms with van der Waals surface area (Å²) in [6.45, 7) is 1.71. The van der Waals surface area contributed by atoms with Crippen LogP contribution in [0.2, 0.25) is 0 Å². The largest absolute Gasteiger partial charge is 0.266 e. The minimum absolute atomic E-state index is 0.177. The predicted octanol–water partition coefficient (Wildman–Crippen LogP) is 5.55. The minimum atomic E-state index is -2.81. The number of rotatable bonds is 4. The molecule has 2 rings (SSSR count). The third kappa shape index (κ3) is 5.55. The Morgan fingerprint density at radius 2 is 1.72 bits per heavy atom. The van der Waals surface area contributed by atoms with E-state index in [1.165, 1.54) is 18.2 Å². The SMILES string of the molecule is CCCC(F)(F)/C=C/c1ccc(C#Cc2ccc(C#N)cc2F)cc1. The van der Waals surface area contributed by atoms with Gasteiger partial charge in [0.1, 0.15) is 5.82 Å². The van der Waals surface area contributed by atoms with Crippen molar-refractivity contribution in [2.45, 2.75) is 25.7 Å². The number of hydrogen-bond donors (Lipinski definition) is 0. The first-order chi connectivity index (χ1) is 11.9. The molecule has 0 saturated heterocycles. The summed E-state index contributed by atoms with van der Waals surface area (Å²) in [5.74, 6) is 2.16. The zero-order chi connectivity index (χ0) is 18.3. The Morgan fingerprint density at radius 1 is 1.04 bits per heavy atom. The van der Waals surface area contributed by atoms with Crippen molar-refractivity contribution < 1.29 is 13.2 Å². The summed E-state index contributed by atoms with van der Waals surface area (Å²) in [5, 5.41) is 8.71. The second-order valence-electron chi connectivity index (χ2n) is 5.52. The highest BCUT2D eigenvalue weighted by Crippen LogP contribution is 2.23. The van der Waals surface area contributed by atoms with Gasteiger partial charge in [-0.05, 0) is 42.0 Å². The van der Waals surface area contributed by atoms with E-state index in [0.29, 0.717) is 17.5 Å². The van der Waals surface area contributed by atoms with E-state index >= 15 is 0 Å². The molecular weight excluding hydrogens is 323 g/mol. The average Bonchev–Trinajstić information content (AvgIpc) is 2.60. The average molecular weight is 339 g/mol. The van der Waals surface area contributed by atoms with Gasteiger partial charge in [0.25, 0.3) is 5.92 Å². The maximum absolute atomic E-state index is 13.7. The molecule has 25 heavy (non-hydrogen) atoms. The maximum Gasteiger partial charge on any atom is 0.266 e. The minimum Gasteiger partial charge on any atom is -0.206 e. The molecule has 0 aliphatic rings. The van der Waals surface area contributed by atoms with Crippen molar-refractivity contribution >= 4 is 6.08 Å². The zero-order valence-electron chi connectivity index (χ0n) is 13.7. The number of alkyl halides is 2. The molecule has 0 N–H and O–H groups in total. The van der Waals surface area contributed by atoms with E-state index in [4.69, 9.17) is 5.26 Å². The lowest BCUT2D eigenvalue weighted by Gasteiger charge is -2.09. The van der Waals surface area contributed by atoms with E-state index < -0.39 is 11.7 Å². The summed E-state index contributed by atoms with van der Waals surface area (Å²) in [7, 11) is 0. The Bertz CT molecular complexity index is 863. The lowest BCUT2D eigenvalue weighted by Crippen LogP contribution is -2.10. The lowest BCUT2D eigenvalue weighted by molar-refractivity contribution is 0.0458. The molecule has 4 heteroatoms. The van der Waals surface area contributed by atoms with Gasteiger partial charge in [-0.1, -0.05) is 43.4 Å². The fourth-order valence-electron chi connectivity index (χ4n) is 2.14. The fourth-order valence-corrected chi connectivity index (χ4v) is 2.14. The quantitative estimate of drug-likeness (QED) is 0.670. The Balaban J connectivity index is 2.12. The molecule has 0 aliphatic carbocycles. The maximum atomic E-state index is 13.7. The fraction of sp³-hybridized carbons (Fsp3) is 0.190. The third-order valence-corrected chi connectivity index (χ3v) is 3.45. The highest BCUT2D eigenvalue weighted by atomic mass is 19.3. The van der Waals surface area contributed by atoms with Crippen molar-refractivity contribution in [3.63, 3.8) is 0 Å². The van der Waals surface area contributed by atoms with Crippen LogP contribution in [0, 0.1) is 29.0 Å². The highest BCUT2D eigenvalue weighted by molar-refractivity contribution is 5.53. The van der Waals surface area contributed by atoms with Crippen LogP contribution in [0.5, 0.6) is 0 Å². The first kappa shape index (κ1) is 18.4. The monoisotopic (exact) mass is 339 g/mol. The first-order valence-corrected chi connectivity index (χ1v) is 7.82. The molecular formula is C21H16F3N. The molecule has 0 saturated carbocycles. The van der Waals surface area contributed by atoms with Crippen LogP contribution in [0.1, 0.15) is 42.0 Å². The molecule has 0 bridgehead atoms. The van der Waals surface area contributed by atoms with Gasteiger partial charge in [-0.3, -0.25) is 0 Å². The highest BCUT2D eigenvalue weighted by Gasteiger charge is 2.22. The van der Waals surface area contributed by atoms with Crippen molar-refractivity contribution in [2.75, 3.05) is 0 Å². The van der Waals surface area contributed by atoms with Crippen molar-refractivity contribution in [1.82, 2.24) is 0 Å². The van der Waals surface area contributed by atoms with Gasteiger partial charge in [-0.2, -0.15) is 5.26 Å². The van der Waals surface area contributed by atoms with E-state index in [0.717, 1.165) is 12.1 Å². The van der Waals surface area contributed by atoms with Crippen LogP contribution < -0.4 is 0 Å². The van der Waals surface area contributed by atoms with Gasteiger partial charge >= 0.3 is 0 Å². The van der Waals surface area contributed by atoms with E-state index in [2.05, 4.69) is 11.8 Å². The van der Waals surface area contributed by atoms with Gasteiger partial charge in [-0.25, -0.2) is 13.2 Å². The molecule has 0 unspecified atom stereocenters. The second kappa shape index (κ2) is 8.22. The normalized spacial score (nSPS) is 11.0. The smallest absolute Gasteiger partial charge is 0.206 e. The Hall–Kier alpha value is -2.98. The van der Waals surface area contributed by atoms with Crippen molar-refractivity contribution in [1.29, 1.82) is 5.26 Å². The molecule has 0 radical (unpaired) electrons. The van der Waals surface area contributed by atoms with Crippen LogP contribution >= 0.6 is 0 Å². The van der Waals surface area contributed by atoms with E-state index in [9.17, 15) is 13.2 Å². The van der Waals surface area contributed by atoms with Crippen LogP contribution in [0.4, 0.5) is 13.2 Å². The Morgan fingerprint density at radius 3 is 2.32 bits per heavy atom. The molecule has 0 spiro atoms. The number of allylic oxidation sites excluding steroid dienone is 1. The molecule has 0 atom stereocenters. The van der Waals surface area contributed by atoms with Gasteiger partial charge in [0.2, 0.25) is 0 Å². The van der Waals surface area contributed by atoms with E-state index in [1.54, 1.807) is 31.2 Å². The number of hydrogen-bond acceptors (Lipinski definition) is 1. The zero-order valence-corrected chi connectivity index (χ0v) is 13.7. The topological polar surface area (TPSA) is 23.8 Å².